The maximum Gasteiger partial charge on any atom is 0.174 e. The minimum absolute atomic E-state index is 0.0408. The van der Waals surface area contributed by atoms with Gasteiger partial charge in [0.05, 0.1) is 22.0 Å². The van der Waals surface area contributed by atoms with Crippen LogP contribution >= 0.6 is 0 Å². The summed E-state index contributed by atoms with van der Waals surface area (Å²) in [6.45, 7) is 11.8. The van der Waals surface area contributed by atoms with Gasteiger partial charge in [0.2, 0.25) is 0 Å². The molecule has 0 unspecified atom stereocenters. The lowest BCUT2D eigenvalue weighted by atomic mass is 9.48. The lowest BCUT2D eigenvalue weighted by Gasteiger charge is -2.63. The molecule has 5 aliphatic carbocycles. The van der Waals surface area contributed by atoms with Crippen molar-refractivity contribution in [3.8, 4) is 23.0 Å². The molecule has 0 aromatic heterocycles. The maximum atomic E-state index is 12.6. The van der Waals surface area contributed by atoms with Crippen molar-refractivity contribution in [2.24, 2.45) is 5.92 Å². The Labute approximate surface area is 286 Å². The minimum Gasteiger partial charge on any atom is -0.504 e. The van der Waals surface area contributed by atoms with E-state index in [1.165, 1.54) is 18.4 Å². The second kappa shape index (κ2) is 9.90. The molecule has 2 saturated heterocycles. The fourth-order valence-electron chi connectivity index (χ4n) is 12.2. The number of hydrogen-bond acceptors (Lipinski definition) is 9. The molecule has 4 bridgehead atoms. The summed E-state index contributed by atoms with van der Waals surface area (Å²) in [5, 5.41) is 44.6. The van der Waals surface area contributed by atoms with Crippen LogP contribution in [-0.2, 0) is 28.5 Å². The summed E-state index contributed by atoms with van der Waals surface area (Å²) in [5.74, 6) is 2.17. The van der Waals surface area contributed by atoms with Gasteiger partial charge in [-0.3, -0.25) is 14.6 Å². The number of Topliss-reactive ketones (excluding diaryl/α,β-unsaturated/α-hetero) is 1. The quantitative estimate of drug-likeness (QED) is 0.361. The highest BCUT2D eigenvalue weighted by Crippen LogP contribution is 2.67. The van der Waals surface area contributed by atoms with Gasteiger partial charge >= 0.3 is 0 Å². The van der Waals surface area contributed by atoms with Gasteiger partial charge in [-0.1, -0.05) is 24.8 Å². The third kappa shape index (κ3) is 3.57. The minimum atomic E-state index is -1.00. The molecule has 2 spiro atoms. The molecule has 258 valence electrons. The smallest absolute Gasteiger partial charge is 0.174 e. The molecule has 9 aliphatic rings. The molecule has 0 radical (unpaired) electrons. The number of carbonyl (C=O) groups is 1. The standard InChI is InChI=1S/C21H25NO3.C19H21NO4/c1-12-6-7-21(24)16-10-14-4-5-15(23)18-17(14)20(21,19(12)25-18)8-9-22(16)11-13-2-3-13;1-2-8-20-9-7-18-15-11-3-4-12(21)16(15)24-17(18)13(22)5-6-19(18,23)14(20)10-11/h4-5,13,16,19,23-24H,1-3,6-11H2;2-4,14,17,21,23H,1,5-10H2/t16-,19+,20+,21-;14-,17+,18+,19-/m11/s1. The van der Waals surface area contributed by atoms with E-state index in [1.807, 2.05) is 18.2 Å². The number of aromatic hydroxyl groups is 2. The van der Waals surface area contributed by atoms with E-state index in [0.29, 0.717) is 37.2 Å². The van der Waals surface area contributed by atoms with E-state index in [9.17, 15) is 25.2 Å². The van der Waals surface area contributed by atoms with Crippen LogP contribution in [0.15, 0.2) is 49.1 Å². The van der Waals surface area contributed by atoms with E-state index >= 15 is 0 Å². The van der Waals surface area contributed by atoms with Gasteiger partial charge in [-0.05, 0) is 99.1 Å². The zero-order valence-electron chi connectivity index (χ0n) is 28.0. The SMILES string of the molecule is C=C1CC[C@@]2(O)[C@H]3Cc4ccc(O)c5c4[C@@]2(CCN3CC2CC2)[C@H]1O5.C=CCN1CC[C@]23c4c5ccc(O)c4O[C@H]2C(=O)CC[C@@]3(O)[C@H]1C5. The molecule has 4 heterocycles. The molecular formula is C40H46N2O7. The highest BCUT2D eigenvalue weighted by molar-refractivity contribution is 5.90. The van der Waals surface area contributed by atoms with Gasteiger partial charge in [-0.25, -0.2) is 0 Å². The number of ketones is 1. The Hall–Kier alpha value is -3.37. The number of benzene rings is 2. The molecular weight excluding hydrogens is 620 g/mol. The van der Waals surface area contributed by atoms with Gasteiger partial charge in [0.25, 0.3) is 0 Å². The van der Waals surface area contributed by atoms with Crippen LogP contribution in [0.4, 0.5) is 0 Å². The van der Waals surface area contributed by atoms with Gasteiger partial charge in [0.1, 0.15) is 6.10 Å². The number of phenols is 2. The molecule has 2 aromatic carbocycles. The predicted octanol–water partition coefficient (Wildman–Crippen LogP) is 3.81. The summed E-state index contributed by atoms with van der Waals surface area (Å²) in [5.41, 5.74) is 2.46. The van der Waals surface area contributed by atoms with Crippen molar-refractivity contribution in [1.29, 1.82) is 0 Å². The van der Waals surface area contributed by atoms with Gasteiger partial charge in [0.15, 0.2) is 34.9 Å². The summed E-state index contributed by atoms with van der Waals surface area (Å²) in [6.07, 6.45) is 9.13. The molecule has 3 saturated carbocycles. The van der Waals surface area contributed by atoms with E-state index in [-0.39, 0.29) is 35.5 Å². The zero-order valence-corrected chi connectivity index (χ0v) is 28.0. The first-order valence-electron chi connectivity index (χ1n) is 18.4. The average molecular weight is 667 g/mol. The third-order valence-electron chi connectivity index (χ3n) is 14.4. The summed E-state index contributed by atoms with van der Waals surface area (Å²) < 4.78 is 12.3. The maximum absolute atomic E-state index is 12.6. The number of rotatable bonds is 4. The second-order valence-electron chi connectivity index (χ2n) is 16.5. The monoisotopic (exact) mass is 666 g/mol. The fourth-order valence-corrected chi connectivity index (χ4v) is 12.2. The predicted molar refractivity (Wildman–Crippen MR) is 181 cm³/mol. The van der Waals surface area contributed by atoms with Crippen molar-refractivity contribution in [3.05, 3.63) is 71.3 Å². The Morgan fingerprint density at radius 1 is 0.796 bits per heavy atom. The van der Waals surface area contributed by atoms with Crippen molar-refractivity contribution in [3.63, 3.8) is 0 Å². The lowest BCUT2D eigenvalue weighted by Crippen LogP contribution is -2.76. The van der Waals surface area contributed by atoms with Gasteiger partial charge in [0, 0.05) is 49.3 Å². The largest absolute Gasteiger partial charge is 0.504 e. The van der Waals surface area contributed by atoms with Crippen LogP contribution in [0.1, 0.15) is 73.6 Å². The summed E-state index contributed by atoms with van der Waals surface area (Å²) >= 11 is 0. The van der Waals surface area contributed by atoms with Crippen LogP contribution in [0.2, 0.25) is 0 Å². The molecule has 11 rings (SSSR count). The summed E-state index contributed by atoms with van der Waals surface area (Å²) in [7, 11) is 0. The first-order chi connectivity index (χ1) is 23.6. The van der Waals surface area contributed by atoms with Crippen LogP contribution in [-0.4, -0.2) is 97.7 Å². The van der Waals surface area contributed by atoms with Crippen molar-refractivity contribution in [1.82, 2.24) is 9.80 Å². The van der Waals surface area contributed by atoms with E-state index in [0.717, 1.165) is 80.0 Å². The Balaban J connectivity index is 0.000000125. The van der Waals surface area contributed by atoms with Crippen LogP contribution in [0.3, 0.4) is 0 Å². The Bertz CT molecular complexity index is 1840. The van der Waals surface area contributed by atoms with Crippen LogP contribution in [0, 0.1) is 5.92 Å². The first-order valence-corrected chi connectivity index (χ1v) is 18.4. The molecule has 8 atom stereocenters. The Kier molecular flexibility index (Phi) is 6.15. The van der Waals surface area contributed by atoms with Crippen molar-refractivity contribution < 1.29 is 34.7 Å². The van der Waals surface area contributed by atoms with Crippen molar-refractivity contribution >= 4 is 5.78 Å². The molecule has 2 aromatic rings. The van der Waals surface area contributed by atoms with Gasteiger partial charge < -0.3 is 29.9 Å². The van der Waals surface area contributed by atoms with E-state index < -0.39 is 28.1 Å². The fraction of sp³-hybridized carbons (Fsp3) is 0.575. The third-order valence-corrected chi connectivity index (χ3v) is 14.4. The number of likely N-dealkylation sites (tertiary alicyclic amines) is 2. The number of phenolic OH excluding ortho intramolecular Hbond substituents is 2. The number of aliphatic hydroxyl groups is 2. The molecule has 4 N–H and O–H groups in total. The topological polar surface area (TPSA) is 123 Å². The normalized spacial score (nSPS) is 40.4. The molecule has 9 heteroatoms. The Morgan fingerprint density at radius 2 is 1.35 bits per heavy atom. The van der Waals surface area contributed by atoms with Crippen LogP contribution < -0.4 is 9.47 Å². The summed E-state index contributed by atoms with van der Waals surface area (Å²) in [6, 6.07) is 7.48. The van der Waals surface area contributed by atoms with E-state index in [1.54, 1.807) is 12.1 Å². The van der Waals surface area contributed by atoms with Crippen LogP contribution in [0.25, 0.3) is 0 Å². The number of carbonyl (C=O) groups excluding carboxylic acids is 1. The number of ether oxygens (including phenoxy) is 2. The second-order valence-corrected chi connectivity index (χ2v) is 16.5. The zero-order chi connectivity index (χ0) is 33.7. The molecule has 5 fully saturated rings. The first kappa shape index (κ1) is 30.5. The number of hydrogen-bond donors (Lipinski definition) is 4. The number of piperidine rings is 2. The average Bonchev–Trinajstić information content (AvgIpc) is 3.71. The molecule has 0 amide bonds. The Morgan fingerprint density at radius 3 is 1.96 bits per heavy atom. The van der Waals surface area contributed by atoms with Crippen molar-refractivity contribution in [2.45, 2.75) is 111 Å². The van der Waals surface area contributed by atoms with Crippen LogP contribution in [0.5, 0.6) is 23.0 Å². The number of nitrogens with zero attached hydrogens (tertiary/aromatic N) is 2. The lowest BCUT2D eigenvalue weighted by molar-refractivity contribution is -0.187. The van der Waals surface area contributed by atoms with Gasteiger partial charge in [-0.2, -0.15) is 0 Å². The highest BCUT2D eigenvalue weighted by Gasteiger charge is 2.74. The van der Waals surface area contributed by atoms with Gasteiger partial charge in [-0.15, -0.1) is 6.58 Å². The molecule has 4 aliphatic heterocycles. The van der Waals surface area contributed by atoms with E-state index in [4.69, 9.17) is 9.47 Å². The molecule has 49 heavy (non-hydrogen) atoms. The summed E-state index contributed by atoms with van der Waals surface area (Å²) in [4.78, 5) is 17.5. The van der Waals surface area contributed by atoms with Crippen molar-refractivity contribution in [2.75, 3.05) is 26.2 Å². The molecule has 9 nitrogen and oxygen atoms in total. The highest BCUT2D eigenvalue weighted by atomic mass is 16.5. The van der Waals surface area contributed by atoms with E-state index in [2.05, 4.69) is 23.0 Å².